The lowest BCUT2D eigenvalue weighted by Gasteiger charge is -2.25. The van der Waals surface area contributed by atoms with Crippen LogP contribution in [0.3, 0.4) is 0 Å². The summed E-state index contributed by atoms with van der Waals surface area (Å²) in [4.78, 5) is 52.7. The van der Waals surface area contributed by atoms with E-state index in [9.17, 15) is 19.2 Å². The molecule has 1 aliphatic heterocycles. The van der Waals surface area contributed by atoms with Gasteiger partial charge < -0.3 is 10.6 Å². The van der Waals surface area contributed by atoms with E-state index >= 15 is 0 Å². The van der Waals surface area contributed by atoms with E-state index in [1.807, 2.05) is 0 Å². The van der Waals surface area contributed by atoms with E-state index in [0.29, 0.717) is 35.4 Å². The van der Waals surface area contributed by atoms with Gasteiger partial charge in [-0.3, -0.25) is 19.0 Å². The molecule has 0 bridgehead atoms. The van der Waals surface area contributed by atoms with Crippen LogP contribution in [0.25, 0.3) is 15.9 Å². The van der Waals surface area contributed by atoms with Gasteiger partial charge >= 0.3 is 5.69 Å². The van der Waals surface area contributed by atoms with E-state index in [1.54, 1.807) is 35.2 Å². The van der Waals surface area contributed by atoms with Crippen molar-refractivity contribution in [1.82, 2.24) is 14.0 Å². The fourth-order valence-corrected chi connectivity index (χ4v) is 4.92. The molecular weight excluding hydrogens is 380 g/mol. The first kappa shape index (κ1) is 18.2. The molecule has 0 saturated carbocycles. The SMILES string of the molecule is CC(=O)N1CCc2c(sc3c2c(=O)n(-c2ccccc2)c(=O)n3CC(N)=O)C1. The summed E-state index contributed by atoms with van der Waals surface area (Å²) in [5, 5.41) is 0.424. The molecule has 2 aromatic heterocycles. The van der Waals surface area contributed by atoms with Crippen molar-refractivity contribution in [3.63, 3.8) is 0 Å². The van der Waals surface area contributed by atoms with Crippen molar-refractivity contribution >= 4 is 33.4 Å². The first-order valence-electron chi connectivity index (χ1n) is 8.78. The largest absolute Gasteiger partial charge is 0.368 e. The number of carbonyl (C=O) groups excluding carboxylic acids is 2. The van der Waals surface area contributed by atoms with Crippen molar-refractivity contribution in [3.05, 3.63) is 61.6 Å². The summed E-state index contributed by atoms with van der Waals surface area (Å²) in [7, 11) is 0. The zero-order valence-corrected chi connectivity index (χ0v) is 16.0. The molecule has 0 aliphatic carbocycles. The minimum Gasteiger partial charge on any atom is -0.368 e. The molecule has 1 aliphatic rings. The van der Waals surface area contributed by atoms with Gasteiger partial charge in [0.25, 0.3) is 5.56 Å². The van der Waals surface area contributed by atoms with Crippen molar-refractivity contribution in [2.75, 3.05) is 6.54 Å². The second-order valence-corrected chi connectivity index (χ2v) is 7.77. The van der Waals surface area contributed by atoms with Gasteiger partial charge in [-0.05, 0) is 24.1 Å². The molecule has 8 nitrogen and oxygen atoms in total. The number of nitrogens with zero attached hydrogens (tertiary/aromatic N) is 3. The molecule has 4 rings (SSSR count). The van der Waals surface area contributed by atoms with Gasteiger partial charge in [-0.1, -0.05) is 18.2 Å². The maximum absolute atomic E-state index is 13.3. The number of thiophene rings is 1. The summed E-state index contributed by atoms with van der Waals surface area (Å²) in [5.74, 6) is -0.710. The standard InChI is InChI=1S/C19H18N4O4S/c1-11(24)21-8-7-13-14(9-21)28-18-16(13)17(26)23(12-5-3-2-4-6-12)19(27)22(18)10-15(20)25/h2-6H,7-10H2,1H3,(H2,20,25). The van der Waals surface area contributed by atoms with E-state index in [1.165, 1.54) is 22.8 Å². The average molecular weight is 398 g/mol. The monoisotopic (exact) mass is 398 g/mol. The summed E-state index contributed by atoms with van der Waals surface area (Å²) in [6.07, 6.45) is 0.522. The molecule has 0 spiro atoms. The van der Waals surface area contributed by atoms with Gasteiger partial charge in [-0.2, -0.15) is 0 Å². The zero-order chi connectivity index (χ0) is 20.0. The van der Waals surface area contributed by atoms with Gasteiger partial charge in [0.1, 0.15) is 11.4 Å². The van der Waals surface area contributed by atoms with Crippen LogP contribution < -0.4 is 17.0 Å². The van der Waals surface area contributed by atoms with Crippen LogP contribution in [0, 0.1) is 0 Å². The van der Waals surface area contributed by atoms with Crippen LogP contribution in [0.15, 0.2) is 39.9 Å². The van der Waals surface area contributed by atoms with E-state index in [-0.39, 0.29) is 12.5 Å². The minimum atomic E-state index is -0.668. The van der Waals surface area contributed by atoms with Crippen LogP contribution in [-0.4, -0.2) is 32.4 Å². The Labute approximate surface area is 163 Å². The third kappa shape index (κ3) is 2.84. The Balaban J connectivity index is 2.06. The van der Waals surface area contributed by atoms with Crippen LogP contribution in [0.1, 0.15) is 17.4 Å². The van der Waals surface area contributed by atoms with Gasteiger partial charge in [-0.15, -0.1) is 11.3 Å². The van der Waals surface area contributed by atoms with Crippen molar-refractivity contribution in [1.29, 1.82) is 0 Å². The smallest absolute Gasteiger partial charge is 0.337 e. The zero-order valence-electron chi connectivity index (χ0n) is 15.2. The molecule has 3 aromatic rings. The summed E-state index contributed by atoms with van der Waals surface area (Å²) in [6.45, 7) is 2.08. The van der Waals surface area contributed by atoms with E-state index in [2.05, 4.69) is 0 Å². The van der Waals surface area contributed by atoms with Crippen LogP contribution in [0.4, 0.5) is 0 Å². The fourth-order valence-electron chi connectivity index (χ4n) is 3.57. The molecule has 2 N–H and O–H groups in total. The normalized spacial score (nSPS) is 13.5. The first-order chi connectivity index (χ1) is 13.4. The number of benzene rings is 1. The van der Waals surface area contributed by atoms with E-state index in [0.717, 1.165) is 15.0 Å². The highest BCUT2D eigenvalue weighted by atomic mass is 32.1. The topological polar surface area (TPSA) is 107 Å². The second kappa shape index (κ2) is 6.75. The second-order valence-electron chi connectivity index (χ2n) is 6.69. The van der Waals surface area contributed by atoms with Crippen LogP contribution >= 0.6 is 11.3 Å². The minimum absolute atomic E-state index is 0.0423. The quantitative estimate of drug-likeness (QED) is 0.697. The predicted octanol–water partition coefficient (Wildman–Crippen LogP) is 0.604. The Morgan fingerprint density at radius 1 is 1.18 bits per heavy atom. The van der Waals surface area contributed by atoms with Crippen LogP contribution in [-0.2, 0) is 29.1 Å². The Morgan fingerprint density at radius 2 is 1.89 bits per heavy atom. The summed E-state index contributed by atoms with van der Waals surface area (Å²) < 4.78 is 2.34. The van der Waals surface area contributed by atoms with E-state index < -0.39 is 17.2 Å². The van der Waals surface area contributed by atoms with Gasteiger partial charge in [0.2, 0.25) is 11.8 Å². The number of rotatable bonds is 3. The maximum Gasteiger partial charge on any atom is 0.337 e. The van der Waals surface area contributed by atoms with Crippen molar-refractivity contribution in [3.8, 4) is 5.69 Å². The number of hydrogen-bond acceptors (Lipinski definition) is 5. The molecule has 0 saturated heterocycles. The molecule has 9 heteroatoms. The van der Waals surface area contributed by atoms with Crippen molar-refractivity contribution < 1.29 is 9.59 Å². The van der Waals surface area contributed by atoms with Crippen molar-refractivity contribution in [2.45, 2.75) is 26.4 Å². The Bertz CT molecular complexity index is 1220. The Morgan fingerprint density at radius 3 is 2.54 bits per heavy atom. The van der Waals surface area contributed by atoms with Gasteiger partial charge in [-0.25, -0.2) is 9.36 Å². The molecule has 0 atom stereocenters. The Kier molecular flexibility index (Phi) is 4.38. The Hall–Kier alpha value is -3.20. The number of aromatic nitrogens is 2. The van der Waals surface area contributed by atoms with Crippen molar-refractivity contribution in [2.24, 2.45) is 5.73 Å². The first-order valence-corrected chi connectivity index (χ1v) is 9.59. The molecular formula is C19H18N4O4S. The number of carbonyl (C=O) groups is 2. The highest BCUT2D eigenvalue weighted by Crippen LogP contribution is 2.33. The lowest BCUT2D eigenvalue weighted by atomic mass is 10.1. The van der Waals surface area contributed by atoms with Crippen LogP contribution in [0.2, 0.25) is 0 Å². The van der Waals surface area contributed by atoms with Gasteiger partial charge in [0, 0.05) is 18.3 Å². The number of nitrogens with two attached hydrogens (primary N) is 1. The third-order valence-corrected chi connectivity index (χ3v) is 6.14. The van der Waals surface area contributed by atoms with Crippen LogP contribution in [0.5, 0.6) is 0 Å². The average Bonchev–Trinajstić information content (AvgIpc) is 3.04. The third-order valence-electron chi connectivity index (χ3n) is 4.90. The number of amides is 2. The summed E-state index contributed by atoms with van der Waals surface area (Å²) in [6, 6.07) is 8.59. The number of hydrogen-bond donors (Lipinski definition) is 1. The molecule has 1 aromatic carbocycles. The molecule has 144 valence electrons. The molecule has 28 heavy (non-hydrogen) atoms. The fraction of sp³-hybridized carbons (Fsp3) is 0.263. The summed E-state index contributed by atoms with van der Waals surface area (Å²) in [5.41, 5.74) is 5.61. The number of fused-ring (bicyclic) bond motifs is 3. The highest BCUT2D eigenvalue weighted by Gasteiger charge is 2.27. The highest BCUT2D eigenvalue weighted by molar-refractivity contribution is 7.18. The lowest BCUT2D eigenvalue weighted by molar-refractivity contribution is -0.129. The molecule has 3 heterocycles. The summed E-state index contributed by atoms with van der Waals surface area (Å²) >= 11 is 1.27. The van der Waals surface area contributed by atoms with E-state index in [4.69, 9.17) is 5.73 Å². The molecule has 0 fully saturated rings. The molecule has 0 unspecified atom stereocenters. The number of para-hydroxylation sites is 1. The predicted molar refractivity (Wildman–Crippen MR) is 106 cm³/mol. The van der Waals surface area contributed by atoms with Gasteiger partial charge in [0.15, 0.2) is 0 Å². The number of primary amides is 1. The maximum atomic E-state index is 13.3. The molecule has 2 amide bonds. The molecule has 0 radical (unpaired) electrons. The van der Waals surface area contributed by atoms with Gasteiger partial charge in [0.05, 0.1) is 17.6 Å². The lowest BCUT2D eigenvalue weighted by Crippen LogP contribution is -2.41.